The van der Waals surface area contributed by atoms with Gasteiger partial charge in [-0.25, -0.2) is 14.6 Å². The molecule has 1 N–H and O–H groups in total. The van der Waals surface area contributed by atoms with Gasteiger partial charge >= 0.3 is 6.09 Å². The maximum atomic E-state index is 12.6. The highest BCUT2D eigenvalue weighted by Crippen LogP contribution is 2.06. The van der Waals surface area contributed by atoms with Crippen molar-refractivity contribution in [3.63, 3.8) is 0 Å². The zero-order valence-corrected chi connectivity index (χ0v) is 10.0. The van der Waals surface area contributed by atoms with Crippen molar-refractivity contribution in [2.75, 3.05) is 0 Å². The average molecular weight is 238 g/mol. The lowest BCUT2D eigenvalue weighted by Gasteiger charge is -2.18. The Kier molecular flexibility index (Phi) is 4.20. The standard InChI is InChI=1S/C12H15FN2O2/c1-12(2,3)17-11(16)15-14-8-9-4-6-10(13)7-5-9/h4-8H,1-3H3,(H,15,16)/b14-8+. The van der Waals surface area contributed by atoms with E-state index in [9.17, 15) is 9.18 Å². The van der Waals surface area contributed by atoms with Gasteiger partial charge in [0, 0.05) is 0 Å². The van der Waals surface area contributed by atoms with Crippen LogP contribution in [-0.2, 0) is 4.74 Å². The van der Waals surface area contributed by atoms with Crippen LogP contribution in [0.4, 0.5) is 9.18 Å². The predicted molar refractivity (Wildman–Crippen MR) is 63.4 cm³/mol. The first kappa shape index (κ1) is 13.2. The van der Waals surface area contributed by atoms with Crippen molar-refractivity contribution in [2.45, 2.75) is 26.4 Å². The molecule has 0 aliphatic rings. The summed E-state index contributed by atoms with van der Waals surface area (Å²) in [7, 11) is 0. The summed E-state index contributed by atoms with van der Waals surface area (Å²) < 4.78 is 17.6. The number of carbonyl (C=O) groups is 1. The first-order valence-electron chi connectivity index (χ1n) is 5.14. The maximum absolute atomic E-state index is 12.6. The van der Waals surface area contributed by atoms with Gasteiger partial charge in [-0.3, -0.25) is 0 Å². The van der Waals surface area contributed by atoms with E-state index in [-0.39, 0.29) is 5.82 Å². The van der Waals surface area contributed by atoms with E-state index in [2.05, 4.69) is 10.5 Å². The average Bonchev–Trinajstić information content (AvgIpc) is 2.18. The number of hydrazone groups is 1. The Morgan fingerprint density at radius 1 is 1.35 bits per heavy atom. The molecule has 0 fully saturated rings. The van der Waals surface area contributed by atoms with Crippen LogP contribution >= 0.6 is 0 Å². The molecule has 4 nitrogen and oxygen atoms in total. The maximum Gasteiger partial charge on any atom is 0.428 e. The lowest BCUT2D eigenvalue weighted by Crippen LogP contribution is -2.29. The van der Waals surface area contributed by atoms with Crippen LogP contribution in [-0.4, -0.2) is 17.9 Å². The number of amides is 1. The third kappa shape index (κ3) is 5.65. The molecule has 1 amide bonds. The molecule has 0 atom stereocenters. The molecule has 0 aliphatic carbocycles. The van der Waals surface area contributed by atoms with Crippen molar-refractivity contribution in [3.8, 4) is 0 Å². The lowest BCUT2D eigenvalue weighted by molar-refractivity contribution is 0.0529. The second kappa shape index (κ2) is 5.43. The van der Waals surface area contributed by atoms with Crippen LogP contribution in [0.25, 0.3) is 0 Å². The van der Waals surface area contributed by atoms with Gasteiger partial charge in [-0.1, -0.05) is 12.1 Å². The number of carbonyl (C=O) groups excluding carboxylic acids is 1. The van der Waals surface area contributed by atoms with Crippen LogP contribution in [0, 0.1) is 5.82 Å². The zero-order valence-electron chi connectivity index (χ0n) is 10.0. The molecular weight excluding hydrogens is 223 g/mol. The summed E-state index contributed by atoms with van der Waals surface area (Å²) in [5.74, 6) is -0.317. The fourth-order valence-electron chi connectivity index (χ4n) is 1.01. The minimum atomic E-state index is -0.629. The molecule has 0 aliphatic heterocycles. The molecule has 0 spiro atoms. The van der Waals surface area contributed by atoms with E-state index < -0.39 is 11.7 Å². The molecule has 0 radical (unpaired) electrons. The van der Waals surface area contributed by atoms with Crippen LogP contribution in [0.1, 0.15) is 26.3 Å². The number of benzene rings is 1. The predicted octanol–water partition coefficient (Wildman–Crippen LogP) is 2.68. The number of hydrogen-bond acceptors (Lipinski definition) is 3. The highest BCUT2D eigenvalue weighted by Gasteiger charge is 2.15. The van der Waals surface area contributed by atoms with E-state index in [0.29, 0.717) is 5.56 Å². The molecule has 1 rings (SSSR count). The van der Waals surface area contributed by atoms with Crippen LogP contribution in [0.3, 0.4) is 0 Å². The van der Waals surface area contributed by atoms with Crippen molar-refractivity contribution >= 4 is 12.3 Å². The Morgan fingerprint density at radius 3 is 2.47 bits per heavy atom. The van der Waals surface area contributed by atoms with Crippen LogP contribution in [0.5, 0.6) is 0 Å². The summed E-state index contributed by atoms with van der Waals surface area (Å²) in [5, 5.41) is 3.68. The highest BCUT2D eigenvalue weighted by atomic mass is 19.1. The minimum absolute atomic E-state index is 0.317. The third-order valence-electron chi connectivity index (χ3n) is 1.64. The van der Waals surface area contributed by atoms with Crippen LogP contribution < -0.4 is 5.43 Å². The van der Waals surface area contributed by atoms with Crippen LogP contribution in [0.2, 0.25) is 0 Å². The van der Waals surface area contributed by atoms with Crippen molar-refractivity contribution < 1.29 is 13.9 Å². The first-order chi connectivity index (χ1) is 7.87. The molecule has 0 heterocycles. The van der Waals surface area contributed by atoms with Crippen molar-refractivity contribution in [1.29, 1.82) is 0 Å². The normalized spacial score (nSPS) is 11.5. The fourth-order valence-corrected chi connectivity index (χ4v) is 1.01. The second-order valence-electron chi connectivity index (χ2n) is 4.42. The second-order valence-corrected chi connectivity index (χ2v) is 4.42. The number of rotatable bonds is 2. The van der Waals surface area contributed by atoms with Gasteiger partial charge in [0.05, 0.1) is 6.21 Å². The molecule has 0 unspecified atom stereocenters. The van der Waals surface area contributed by atoms with E-state index in [1.165, 1.54) is 18.3 Å². The molecule has 0 saturated carbocycles. The monoisotopic (exact) mass is 238 g/mol. The van der Waals surface area contributed by atoms with Gasteiger partial charge in [0.15, 0.2) is 0 Å². The largest absolute Gasteiger partial charge is 0.443 e. The summed E-state index contributed by atoms with van der Waals surface area (Å²) in [6.45, 7) is 5.28. The minimum Gasteiger partial charge on any atom is -0.443 e. The number of ether oxygens (including phenoxy) is 1. The lowest BCUT2D eigenvalue weighted by atomic mass is 10.2. The number of nitrogens with zero attached hydrogens (tertiary/aromatic N) is 1. The molecule has 0 aromatic heterocycles. The SMILES string of the molecule is CC(C)(C)OC(=O)N/N=C/c1ccc(F)cc1. The summed E-state index contributed by atoms with van der Waals surface area (Å²) in [5.41, 5.74) is 2.34. The molecular formula is C12H15FN2O2. The van der Waals surface area contributed by atoms with E-state index in [1.807, 2.05) is 0 Å². The molecule has 5 heteroatoms. The molecule has 92 valence electrons. The van der Waals surface area contributed by atoms with Crippen molar-refractivity contribution in [1.82, 2.24) is 5.43 Å². The zero-order chi connectivity index (χ0) is 12.9. The van der Waals surface area contributed by atoms with E-state index in [0.717, 1.165) is 0 Å². The van der Waals surface area contributed by atoms with E-state index in [4.69, 9.17) is 4.74 Å². The number of hydrogen-bond donors (Lipinski definition) is 1. The quantitative estimate of drug-likeness (QED) is 0.636. The van der Waals surface area contributed by atoms with Gasteiger partial charge in [0.1, 0.15) is 11.4 Å². The number of nitrogens with one attached hydrogen (secondary N) is 1. The number of halogens is 1. The molecule has 0 saturated heterocycles. The van der Waals surface area contributed by atoms with Gasteiger partial charge in [-0.15, -0.1) is 0 Å². The van der Waals surface area contributed by atoms with Crippen molar-refractivity contribution in [3.05, 3.63) is 35.6 Å². The van der Waals surface area contributed by atoms with Crippen LogP contribution in [0.15, 0.2) is 29.4 Å². The van der Waals surface area contributed by atoms with Gasteiger partial charge in [-0.2, -0.15) is 5.10 Å². The molecule has 0 bridgehead atoms. The van der Waals surface area contributed by atoms with E-state index >= 15 is 0 Å². The topological polar surface area (TPSA) is 50.7 Å². The van der Waals surface area contributed by atoms with Crippen molar-refractivity contribution in [2.24, 2.45) is 5.10 Å². The summed E-state index contributed by atoms with van der Waals surface area (Å²) in [4.78, 5) is 11.2. The van der Waals surface area contributed by atoms with Gasteiger partial charge in [0.25, 0.3) is 0 Å². The fraction of sp³-hybridized carbons (Fsp3) is 0.333. The molecule has 1 aromatic carbocycles. The Bertz CT molecular complexity index is 408. The summed E-state index contributed by atoms with van der Waals surface area (Å²) in [6, 6.07) is 5.73. The Balaban J connectivity index is 2.45. The smallest absolute Gasteiger partial charge is 0.428 e. The van der Waals surface area contributed by atoms with E-state index in [1.54, 1.807) is 32.9 Å². The summed E-state index contributed by atoms with van der Waals surface area (Å²) >= 11 is 0. The van der Waals surface area contributed by atoms with Gasteiger partial charge in [0.2, 0.25) is 0 Å². The molecule has 1 aromatic rings. The Hall–Kier alpha value is -1.91. The highest BCUT2D eigenvalue weighted by molar-refractivity contribution is 5.80. The third-order valence-corrected chi connectivity index (χ3v) is 1.64. The Morgan fingerprint density at radius 2 is 1.94 bits per heavy atom. The Labute approximate surface area is 99.5 Å². The summed E-state index contributed by atoms with van der Waals surface area (Å²) in [6.07, 6.45) is 0.777. The molecule has 17 heavy (non-hydrogen) atoms. The van der Waals surface area contributed by atoms with Gasteiger partial charge < -0.3 is 4.74 Å². The first-order valence-corrected chi connectivity index (χ1v) is 5.14. The van der Waals surface area contributed by atoms with Gasteiger partial charge in [-0.05, 0) is 38.5 Å².